The van der Waals surface area contributed by atoms with Crippen molar-refractivity contribution < 1.29 is 86.3 Å². The summed E-state index contributed by atoms with van der Waals surface area (Å²) in [6.07, 6.45) is 0. The van der Waals surface area contributed by atoms with Gasteiger partial charge in [-0.25, -0.2) is 0 Å². The van der Waals surface area contributed by atoms with Crippen LogP contribution in [0.5, 0.6) is 0 Å². The van der Waals surface area contributed by atoms with E-state index in [4.69, 9.17) is 17.5 Å². The average molecular weight is 324 g/mol. The summed E-state index contributed by atoms with van der Waals surface area (Å²) in [6, 6.07) is 0. The first-order valence-electron chi connectivity index (χ1n) is 0.667. The Hall–Kier alpha value is 0.133. The van der Waals surface area contributed by atoms with Gasteiger partial charge in [0, 0.05) is 10.4 Å². The Morgan fingerprint density at radius 1 is 0.533 bits per heavy atom. The summed E-state index contributed by atoms with van der Waals surface area (Å²) in [4.78, 5) is 0. The van der Waals surface area contributed by atoms with Gasteiger partial charge in [0.2, 0.25) is 0 Å². The van der Waals surface area contributed by atoms with Gasteiger partial charge >= 0.3 is 19.5 Å². The maximum Gasteiger partial charge on any atom is 2.00 e. The van der Waals surface area contributed by atoms with Crippen molar-refractivity contribution in [1.29, 1.82) is 0 Å². The average Bonchev–Trinajstić information content (AvgIpc) is 0.722. The molecule has 0 heterocycles. The Morgan fingerprint density at radius 2 is 0.533 bits per heavy atom. The van der Waals surface area contributed by atoms with Crippen molar-refractivity contribution in [2.24, 2.45) is 0 Å². The fourth-order valence-corrected chi connectivity index (χ4v) is 0. The van der Waals surface area contributed by atoms with E-state index in [0.29, 0.717) is 0 Å². The van der Waals surface area contributed by atoms with E-state index >= 15 is 0 Å². The topological polar surface area (TPSA) is 364 Å². The third-order valence-corrected chi connectivity index (χ3v) is 0. The van der Waals surface area contributed by atoms with E-state index in [1.54, 1.807) is 0 Å². The van der Waals surface area contributed by atoms with Crippen LogP contribution in [0.4, 0.5) is 0 Å². The maximum absolute atomic E-state index is 8.52. The minimum Gasteiger partial charge on any atom is -0.759 e. The van der Waals surface area contributed by atoms with E-state index in [-0.39, 0.29) is 68.8 Å². The molecule has 0 aromatic rings. The summed E-state index contributed by atoms with van der Waals surface area (Å²) in [6.45, 7) is 0. The van der Waals surface area contributed by atoms with Gasteiger partial charge in [-0.2, -0.15) is 0 Å². The number of rotatable bonds is 0. The molecule has 0 radical (unpaired) electrons. The van der Waals surface area contributed by atoms with E-state index in [9.17, 15) is 0 Å². The Labute approximate surface area is 97.2 Å². The van der Waals surface area contributed by atoms with Gasteiger partial charge in [-0.3, -0.25) is 8.42 Å². The summed E-state index contributed by atoms with van der Waals surface area (Å²) in [5.41, 5.74) is 0. The SMILES string of the molecule is O.O.O.O.O.O.O.O.O.O=S(=O)([O-])[O-].[Zn+2]. The van der Waals surface area contributed by atoms with E-state index in [0.717, 1.165) is 0 Å². The van der Waals surface area contributed by atoms with Gasteiger partial charge in [-0.15, -0.1) is 0 Å². The van der Waals surface area contributed by atoms with E-state index in [1.807, 2.05) is 0 Å². The Bertz CT molecular complexity index is 93.7. The van der Waals surface area contributed by atoms with Crippen LogP contribution in [0.3, 0.4) is 0 Å². The molecule has 0 spiro atoms. The molecule has 0 amide bonds. The third kappa shape index (κ3) is 117000. The zero-order valence-electron chi connectivity index (χ0n) is 7.25. The van der Waals surface area contributed by atoms with Gasteiger partial charge in [-0.05, 0) is 0 Å². The Kier molecular flexibility index (Phi) is 764. The molecule has 0 aliphatic heterocycles. The van der Waals surface area contributed by atoms with Gasteiger partial charge in [0.15, 0.2) is 0 Å². The predicted molar refractivity (Wildman–Crippen MR) is 43.0 cm³/mol. The molecule has 0 aliphatic rings. The van der Waals surface area contributed by atoms with Crippen molar-refractivity contribution in [2.75, 3.05) is 0 Å². The van der Waals surface area contributed by atoms with Crippen LogP contribution in [0, 0.1) is 0 Å². The first kappa shape index (κ1) is 177. The zero-order valence-corrected chi connectivity index (χ0v) is 11.0. The van der Waals surface area contributed by atoms with Crippen molar-refractivity contribution in [3.63, 3.8) is 0 Å². The smallest absolute Gasteiger partial charge is 0.759 e. The molecule has 15 heavy (non-hydrogen) atoms. The second-order valence-electron chi connectivity index (χ2n) is 0.408. The summed E-state index contributed by atoms with van der Waals surface area (Å²) >= 11 is 0. The molecule has 0 aromatic heterocycles. The molecule has 0 aromatic carbocycles. The second-order valence-corrected chi connectivity index (χ2v) is 1.22. The van der Waals surface area contributed by atoms with Crippen LogP contribution in [0.15, 0.2) is 0 Å². The predicted octanol–water partition coefficient (Wildman–Crippen LogP) is -8.76. The minimum absolute atomic E-state index is 0. The molecule has 0 bridgehead atoms. The summed E-state index contributed by atoms with van der Waals surface area (Å²) in [5.74, 6) is 0. The van der Waals surface area contributed by atoms with E-state index in [1.165, 1.54) is 0 Å². The van der Waals surface area contributed by atoms with Crippen LogP contribution in [0.1, 0.15) is 0 Å². The molecule has 0 saturated heterocycles. The molecular formula is H18O13SZn. The van der Waals surface area contributed by atoms with Crippen LogP contribution in [0.2, 0.25) is 0 Å². The summed E-state index contributed by atoms with van der Waals surface area (Å²) in [5, 5.41) is 0. The van der Waals surface area contributed by atoms with Crippen LogP contribution < -0.4 is 0 Å². The normalized spacial score (nSPS) is 3.87. The van der Waals surface area contributed by atoms with Gasteiger partial charge in [-0.1, -0.05) is 0 Å². The molecule has 0 rings (SSSR count). The largest absolute Gasteiger partial charge is 2.00 e. The standard InChI is InChI=1S/H2O4S.9H2O.Zn/c1-5(2,3)4;;;;;;;;;;/h(H2,1,2,3,4);9*1H2;/q;;;;;;;;;;+2/p-2. The van der Waals surface area contributed by atoms with Gasteiger partial charge in [0.05, 0.1) is 0 Å². The van der Waals surface area contributed by atoms with Gasteiger partial charge in [0.1, 0.15) is 0 Å². The molecule has 0 atom stereocenters. The van der Waals surface area contributed by atoms with Gasteiger partial charge < -0.3 is 58.4 Å². The van der Waals surface area contributed by atoms with Crippen molar-refractivity contribution in [1.82, 2.24) is 0 Å². The molecule has 15 heteroatoms. The molecule has 18 N–H and O–H groups in total. The third-order valence-electron chi connectivity index (χ3n) is 0. The molecule has 0 fully saturated rings. The molecule has 0 saturated carbocycles. The van der Waals surface area contributed by atoms with Crippen molar-refractivity contribution in [2.45, 2.75) is 0 Å². The van der Waals surface area contributed by atoms with Crippen molar-refractivity contribution >= 4 is 10.4 Å². The quantitative estimate of drug-likeness (QED) is 0.237. The van der Waals surface area contributed by atoms with Crippen LogP contribution in [-0.4, -0.2) is 66.8 Å². The fourth-order valence-electron chi connectivity index (χ4n) is 0. The molecule has 0 aliphatic carbocycles. The Balaban J connectivity index is -0.00000000178. The molecule has 0 unspecified atom stereocenters. The van der Waals surface area contributed by atoms with E-state index in [2.05, 4.69) is 0 Å². The zero-order chi connectivity index (χ0) is 4.50. The molecular weight excluding hydrogens is 305 g/mol. The molecule has 13 nitrogen and oxygen atoms in total. The van der Waals surface area contributed by atoms with Crippen LogP contribution >= 0.6 is 0 Å². The van der Waals surface area contributed by atoms with Crippen LogP contribution in [-0.2, 0) is 29.9 Å². The minimum atomic E-state index is -5.17. The van der Waals surface area contributed by atoms with E-state index < -0.39 is 10.4 Å². The Morgan fingerprint density at radius 3 is 0.533 bits per heavy atom. The first-order chi connectivity index (χ1) is 2.00. The molecule has 104 valence electrons. The summed E-state index contributed by atoms with van der Waals surface area (Å²) < 4.78 is 34.1. The summed E-state index contributed by atoms with van der Waals surface area (Å²) in [7, 11) is -5.17. The van der Waals surface area contributed by atoms with Gasteiger partial charge in [0.25, 0.3) is 0 Å². The van der Waals surface area contributed by atoms with Crippen LogP contribution in [0.25, 0.3) is 0 Å². The number of hydrogen-bond acceptors (Lipinski definition) is 4. The number of hydrogen-bond donors (Lipinski definition) is 0. The fraction of sp³-hybridized carbons (Fsp3) is 0. The van der Waals surface area contributed by atoms with Crippen molar-refractivity contribution in [3.05, 3.63) is 0 Å². The monoisotopic (exact) mass is 322 g/mol. The maximum atomic E-state index is 8.52. The first-order valence-corrected chi connectivity index (χ1v) is 2.00. The van der Waals surface area contributed by atoms with Crippen molar-refractivity contribution in [3.8, 4) is 0 Å². The second kappa shape index (κ2) is 64.8.